The lowest BCUT2D eigenvalue weighted by atomic mass is 10.2. The Bertz CT molecular complexity index is 627. The average molecular weight is 285 g/mol. The summed E-state index contributed by atoms with van der Waals surface area (Å²) in [5.74, 6) is 1.35. The second-order valence-corrected chi connectivity index (χ2v) is 4.97. The molecule has 0 aliphatic rings. The maximum atomic E-state index is 11.1. The zero-order valence-corrected chi connectivity index (χ0v) is 12.3. The molecule has 0 radical (unpaired) electrons. The normalized spacial score (nSPS) is 10.3. The molecule has 3 N–H and O–H groups in total. The van der Waals surface area contributed by atoms with Crippen LogP contribution in [0.1, 0.15) is 20.8 Å². The van der Waals surface area contributed by atoms with Crippen LogP contribution in [0.5, 0.6) is 0 Å². The van der Waals surface area contributed by atoms with Crippen molar-refractivity contribution in [1.82, 2.24) is 9.97 Å². The molecule has 2 aromatic rings. The van der Waals surface area contributed by atoms with Gasteiger partial charge in [0, 0.05) is 30.4 Å². The summed E-state index contributed by atoms with van der Waals surface area (Å²) in [5, 5.41) is 9.15. The van der Waals surface area contributed by atoms with Gasteiger partial charge in [0.2, 0.25) is 5.91 Å². The number of anilines is 4. The first-order valence-corrected chi connectivity index (χ1v) is 6.76. The Labute approximate surface area is 124 Å². The maximum Gasteiger partial charge on any atom is 0.221 e. The molecule has 6 heteroatoms. The molecule has 110 valence electrons. The van der Waals surface area contributed by atoms with E-state index in [0.717, 1.165) is 17.2 Å². The van der Waals surface area contributed by atoms with Crippen LogP contribution in [0, 0.1) is 0 Å². The van der Waals surface area contributed by atoms with E-state index >= 15 is 0 Å². The molecule has 1 aromatic carbocycles. The summed E-state index contributed by atoms with van der Waals surface area (Å²) >= 11 is 0. The number of rotatable bonds is 5. The van der Waals surface area contributed by atoms with Gasteiger partial charge in [-0.2, -0.15) is 0 Å². The molecule has 6 nitrogen and oxygen atoms in total. The van der Waals surface area contributed by atoms with Crippen LogP contribution in [-0.2, 0) is 4.79 Å². The first kappa shape index (κ1) is 14.8. The van der Waals surface area contributed by atoms with Crippen molar-refractivity contribution < 1.29 is 4.79 Å². The van der Waals surface area contributed by atoms with Crippen LogP contribution in [0.3, 0.4) is 0 Å². The Balaban J connectivity index is 2.12. The Kier molecular flexibility index (Phi) is 4.71. The van der Waals surface area contributed by atoms with Crippen LogP contribution >= 0.6 is 0 Å². The van der Waals surface area contributed by atoms with Crippen LogP contribution in [-0.4, -0.2) is 21.9 Å². The fourth-order valence-corrected chi connectivity index (χ4v) is 1.83. The van der Waals surface area contributed by atoms with Crippen LogP contribution < -0.4 is 16.0 Å². The van der Waals surface area contributed by atoms with Crippen LogP contribution in [0.4, 0.5) is 23.0 Å². The van der Waals surface area contributed by atoms with Gasteiger partial charge in [-0.3, -0.25) is 4.79 Å². The number of nitrogens with zero attached hydrogens (tertiary/aromatic N) is 2. The molecule has 0 bridgehead atoms. The summed E-state index contributed by atoms with van der Waals surface area (Å²) in [6.45, 7) is 5.58. The summed E-state index contributed by atoms with van der Waals surface area (Å²) in [6.07, 6.45) is 1.50. The molecule has 0 aliphatic carbocycles. The Morgan fingerprint density at radius 1 is 1.10 bits per heavy atom. The van der Waals surface area contributed by atoms with Gasteiger partial charge < -0.3 is 16.0 Å². The minimum Gasteiger partial charge on any atom is -0.368 e. The lowest BCUT2D eigenvalue weighted by Crippen LogP contribution is -2.11. The third-order valence-electron chi connectivity index (χ3n) is 2.56. The quantitative estimate of drug-likeness (QED) is 0.787. The predicted octanol–water partition coefficient (Wildman–Crippen LogP) is 3.00. The number of hydrogen-bond donors (Lipinski definition) is 3. The van der Waals surface area contributed by atoms with Gasteiger partial charge in [0.05, 0.1) is 0 Å². The van der Waals surface area contributed by atoms with Crippen molar-refractivity contribution in [2.75, 3.05) is 16.0 Å². The molecule has 0 saturated carbocycles. The zero-order valence-electron chi connectivity index (χ0n) is 12.3. The van der Waals surface area contributed by atoms with E-state index in [2.05, 4.69) is 25.9 Å². The van der Waals surface area contributed by atoms with Crippen molar-refractivity contribution in [3.63, 3.8) is 0 Å². The van der Waals surface area contributed by atoms with E-state index in [1.54, 1.807) is 0 Å². The standard InChI is InChI=1S/C15H19N5O/c1-10(2)18-14-8-15(17-9-16-14)20-13-6-4-5-12(7-13)19-11(3)21/h4-10H,1-3H3,(H,19,21)(H2,16,17,18,20). The molecule has 1 heterocycles. The SMILES string of the molecule is CC(=O)Nc1cccc(Nc2cc(NC(C)C)ncn2)c1. The van der Waals surface area contributed by atoms with E-state index in [1.807, 2.05) is 44.2 Å². The largest absolute Gasteiger partial charge is 0.368 e. The Hall–Kier alpha value is -2.63. The topological polar surface area (TPSA) is 78.9 Å². The fourth-order valence-electron chi connectivity index (χ4n) is 1.83. The van der Waals surface area contributed by atoms with Crippen molar-refractivity contribution in [3.8, 4) is 0 Å². The predicted molar refractivity (Wildman–Crippen MR) is 84.8 cm³/mol. The Morgan fingerprint density at radius 2 is 1.81 bits per heavy atom. The third kappa shape index (κ3) is 4.76. The van der Waals surface area contributed by atoms with Gasteiger partial charge in [0.15, 0.2) is 0 Å². The van der Waals surface area contributed by atoms with Crippen molar-refractivity contribution >= 4 is 28.9 Å². The highest BCUT2D eigenvalue weighted by Gasteiger charge is 2.02. The summed E-state index contributed by atoms with van der Waals surface area (Å²) in [5.41, 5.74) is 1.58. The molecular weight excluding hydrogens is 266 g/mol. The molecule has 21 heavy (non-hydrogen) atoms. The molecule has 0 saturated heterocycles. The molecule has 0 aliphatic heterocycles. The minimum atomic E-state index is -0.0994. The van der Waals surface area contributed by atoms with Crippen molar-refractivity contribution in [2.45, 2.75) is 26.8 Å². The van der Waals surface area contributed by atoms with Crippen molar-refractivity contribution in [3.05, 3.63) is 36.7 Å². The number of amides is 1. The number of nitrogens with one attached hydrogen (secondary N) is 3. The fraction of sp³-hybridized carbons (Fsp3) is 0.267. The molecule has 0 atom stereocenters. The molecule has 0 fully saturated rings. The van der Waals surface area contributed by atoms with Crippen molar-refractivity contribution in [2.24, 2.45) is 0 Å². The lowest BCUT2D eigenvalue weighted by molar-refractivity contribution is -0.114. The van der Waals surface area contributed by atoms with E-state index in [9.17, 15) is 4.79 Å². The van der Waals surface area contributed by atoms with Gasteiger partial charge >= 0.3 is 0 Å². The molecule has 1 amide bonds. The number of hydrogen-bond acceptors (Lipinski definition) is 5. The Morgan fingerprint density at radius 3 is 2.52 bits per heavy atom. The maximum absolute atomic E-state index is 11.1. The minimum absolute atomic E-state index is 0.0994. The third-order valence-corrected chi connectivity index (χ3v) is 2.56. The molecular formula is C15H19N5O. The number of benzene rings is 1. The van der Waals surface area contributed by atoms with Gasteiger partial charge in [-0.05, 0) is 32.0 Å². The highest BCUT2D eigenvalue weighted by molar-refractivity contribution is 5.89. The van der Waals surface area contributed by atoms with E-state index in [4.69, 9.17) is 0 Å². The zero-order chi connectivity index (χ0) is 15.2. The second kappa shape index (κ2) is 6.69. The van der Waals surface area contributed by atoms with E-state index in [0.29, 0.717) is 11.9 Å². The van der Waals surface area contributed by atoms with Gasteiger partial charge in [-0.15, -0.1) is 0 Å². The second-order valence-electron chi connectivity index (χ2n) is 4.97. The van der Waals surface area contributed by atoms with Crippen LogP contribution in [0.2, 0.25) is 0 Å². The van der Waals surface area contributed by atoms with Gasteiger partial charge in [-0.25, -0.2) is 9.97 Å². The van der Waals surface area contributed by atoms with Crippen LogP contribution in [0.15, 0.2) is 36.7 Å². The number of carbonyl (C=O) groups excluding carboxylic acids is 1. The van der Waals surface area contributed by atoms with Gasteiger partial charge in [0.25, 0.3) is 0 Å². The van der Waals surface area contributed by atoms with Gasteiger partial charge in [-0.1, -0.05) is 6.07 Å². The first-order valence-electron chi connectivity index (χ1n) is 6.76. The van der Waals surface area contributed by atoms with Gasteiger partial charge in [0.1, 0.15) is 18.0 Å². The van der Waals surface area contributed by atoms with E-state index < -0.39 is 0 Å². The molecule has 2 rings (SSSR count). The van der Waals surface area contributed by atoms with Crippen LogP contribution in [0.25, 0.3) is 0 Å². The van der Waals surface area contributed by atoms with Crippen molar-refractivity contribution in [1.29, 1.82) is 0 Å². The summed E-state index contributed by atoms with van der Waals surface area (Å²) < 4.78 is 0. The first-order chi connectivity index (χ1) is 10.0. The average Bonchev–Trinajstić information content (AvgIpc) is 2.37. The highest BCUT2D eigenvalue weighted by atomic mass is 16.1. The summed E-state index contributed by atoms with van der Waals surface area (Å²) in [6, 6.07) is 9.59. The lowest BCUT2D eigenvalue weighted by Gasteiger charge is -2.11. The smallest absolute Gasteiger partial charge is 0.221 e. The highest BCUT2D eigenvalue weighted by Crippen LogP contribution is 2.20. The number of carbonyl (C=O) groups is 1. The monoisotopic (exact) mass is 285 g/mol. The molecule has 0 unspecified atom stereocenters. The summed E-state index contributed by atoms with van der Waals surface area (Å²) in [4.78, 5) is 19.4. The summed E-state index contributed by atoms with van der Waals surface area (Å²) in [7, 11) is 0. The van der Waals surface area contributed by atoms with E-state index in [-0.39, 0.29) is 5.91 Å². The number of aromatic nitrogens is 2. The molecule has 0 spiro atoms. The van der Waals surface area contributed by atoms with E-state index in [1.165, 1.54) is 13.3 Å². The molecule has 1 aromatic heterocycles.